The fraction of sp³-hybridized carbons (Fsp3) is 0.200. The molecule has 0 fully saturated rings. The van der Waals surface area contributed by atoms with E-state index in [0.717, 1.165) is 23.0 Å². The predicted molar refractivity (Wildman–Crippen MR) is 93.1 cm³/mol. The third-order valence-corrected chi connectivity index (χ3v) is 4.39. The summed E-state index contributed by atoms with van der Waals surface area (Å²) < 4.78 is 5.57. The fourth-order valence-electron chi connectivity index (χ4n) is 3.09. The zero-order valence-electron chi connectivity index (χ0n) is 13.5. The number of pyridine rings is 1. The summed E-state index contributed by atoms with van der Waals surface area (Å²) in [5, 5.41) is 0.967. The Morgan fingerprint density at radius 3 is 2.79 bits per heavy atom. The van der Waals surface area contributed by atoms with E-state index in [1.807, 2.05) is 43.3 Å². The molecule has 2 aromatic carbocycles. The molecule has 1 aromatic heterocycles. The van der Waals surface area contributed by atoms with Gasteiger partial charge in [-0.2, -0.15) is 0 Å². The molecule has 0 radical (unpaired) electrons. The number of hydrogen-bond acceptors (Lipinski definition) is 3. The van der Waals surface area contributed by atoms with Crippen LogP contribution < -0.4 is 4.74 Å². The third kappa shape index (κ3) is 2.83. The van der Waals surface area contributed by atoms with Crippen molar-refractivity contribution in [3.8, 4) is 5.75 Å². The van der Waals surface area contributed by atoms with Gasteiger partial charge in [0.25, 0.3) is 0 Å². The molecule has 0 aliphatic carbocycles. The van der Waals surface area contributed by atoms with Gasteiger partial charge in [-0.3, -0.25) is 4.98 Å². The largest absolute Gasteiger partial charge is 0.415 e. The van der Waals surface area contributed by atoms with Crippen LogP contribution in [0.4, 0.5) is 4.79 Å². The number of ether oxygens (including phenoxy) is 1. The summed E-state index contributed by atoms with van der Waals surface area (Å²) in [7, 11) is 0. The number of amides is 1. The lowest BCUT2D eigenvalue weighted by Crippen LogP contribution is -2.37. The second kappa shape index (κ2) is 5.96. The van der Waals surface area contributed by atoms with E-state index in [-0.39, 0.29) is 6.09 Å². The zero-order valence-corrected chi connectivity index (χ0v) is 13.5. The Balaban J connectivity index is 1.51. The van der Waals surface area contributed by atoms with Crippen LogP contribution in [0.3, 0.4) is 0 Å². The molecule has 2 heterocycles. The number of rotatable bonds is 1. The van der Waals surface area contributed by atoms with E-state index in [1.165, 1.54) is 11.1 Å². The van der Waals surface area contributed by atoms with Crippen molar-refractivity contribution in [3.05, 3.63) is 71.4 Å². The van der Waals surface area contributed by atoms with Crippen molar-refractivity contribution in [2.75, 3.05) is 6.54 Å². The molecule has 0 atom stereocenters. The minimum Gasteiger partial charge on any atom is -0.410 e. The highest BCUT2D eigenvalue weighted by atomic mass is 16.6. The highest BCUT2D eigenvalue weighted by molar-refractivity contribution is 5.81. The van der Waals surface area contributed by atoms with E-state index < -0.39 is 0 Å². The Kier molecular flexibility index (Phi) is 3.65. The molecule has 0 unspecified atom stereocenters. The summed E-state index contributed by atoms with van der Waals surface area (Å²) in [4.78, 5) is 18.7. The van der Waals surface area contributed by atoms with E-state index in [1.54, 1.807) is 11.0 Å². The standard InChI is InChI=1S/C20H18N2O2/c1-14-6-7-16-12-18(8-9-19(16)21-14)24-20(23)22-11-10-15-4-2-3-5-17(15)13-22/h2-9,12H,10-11,13H2,1H3. The Morgan fingerprint density at radius 1 is 1.08 bits per heavy atom. The first-order valence-corrected chi connectivity index (χ1v) is 8.10. The van der Waals surface area contributed by atoms with Crippen molar-refractivity contribution < 1.29 is 9.53 Å². The molecular weight excluding hydrogens is 300 g/mol. The number of fused-ring (bicyclic) bond motifs is 2. The fourth-order valence-corrected chi connectivity index (χ4v) is 3.09. The first kappa shape index (κ1) is 14.7. The van der Waals surface area contributed by atoms with Gasteiger partial charge in [0.2, 0.25) is 0 Å². The van der Waals surface area contributed by atoms with Crippen LogP contribution in [0.5, 0.6) is 5.75 Å². The Hall–Kier alpha value is -2.88. The molecule has 0 bridgehead atoms. The van der Waals surface area contributed by atoms with Crippen molar-refractivity contribution in [3.63, 3.8) is 0 Å². The number of carbonyl (C=O) groups excluding carboxylic acids is 1. The van der Waals surface area contributed by atoms with Crippen LogP contribution in [-0.4, -0.2) is 22.5 Å². The van der Waals surface area contributed by atoms with Crippen LogP contribution in [-0.2, 0) is 13.0 Å². The molecule has 0 saturated carbocycles. The van der Waals surface area contributed by atoms with Crippen molar-refractivity contribution >= 4 is 17.0 Å². The summed E-state index contributed by atoms with van der Waals surface area (Å²) >= 11 is 0. The molecule has 4 nitrogen and oxygen atoms in total. The molecule has 1 aliphatic heterocycles. The van der Waals surface area contributed by atoms with Gasteiger partial charge in [-0.15, -0.1) is 0 Å². The minimum absolute atomic E-state index is 0.302. The van der Waals surface area contributed by atoms with E-state index in [0.29, 0.717) is 18.8 Å². The topological polar surface area (TPSA) is 42.4 Å². The smallest absolute Gasteiger partial charge is 0.410 e. The Bertz CT molecular complexity index is 920. The number of nitrogens with zero attached hydrogens (tertiary/aromatic N) is 2. The molecule has 0 spiro atoms. The van der Waals surface area contributed by atoms with Crippen molar-refractivity contribution in [2.45, 2.75) is 19.9 Å². The van der Waals surface area contributed by atoms with E-state index in [2.05, 4.69) is 17.1 Å². The second-order valence-electron chi connectivity index (χ2n) is 6.12. The summed E-state index contributed by atoms with van der Waals surface area (Å²) in [5.41, 5.74) is 4.38. The van der Waals surface area contributed by atoms with E-state index >= 15 is 0 Å². The summed E-state index contributed by atoms with van der Waals surface area (Å²) in [6.07, 6.45) is 0.565. The molecule has 1 aliphatic rings. The molecule has 1 amide bonds. The van der Waals surface area contributed by atoms with Crippen LogP contribution in [0.1, 0.15) is 16.8 Å². The SMILES string of the molecule is Cc1ccc2cc(OC(=O)N3CCc4ccccc4C3)ccc2n1. The average Bonchev–Trinajstić information content (AvgIpc) is 2.61. The second-order valence-corrected chi connectivity index (χ2v) is 6.12. The Morgan fingerprint density at radius 2 is 1.92 bits per heavy atom. The van der Waals surface area contributed by atoms with E-state index in [4.69, 9.17) is 4.74 Å². The molecule has 0 saturated heterocycles. The number of aryl methyl sites for hydroxylation is 1. The number of carbonyl (C=O) groups is 1. The van der Waals surface area contributed by atoms with Gasteiger partial charge < -0.3 is 9.64 Å². The summed E-state index contributed by atoms with van der Waals surface area (Å²) in [6, 6.07) is 17.7. The minimum atomic E-state index is -0.302. The molecule has 0 N–H and O–H groups in total. The first-order chi connectivity index (χ1) is 11.7. The Labute approximate surface area is 140 Å². The van der Waals surface area contributed by atoms with Crippen LogP contribution >= 0.6 is 0 Å². The maximum Gasteiger partial charge on any atom is 0.415 e. The quantitative estimate of drug-likeness (QED) is 0.678. The highest BCUT2D eigenvalue weighted by Gasteiger charge is 2.22. The van der Waals surface area contributed by atoms with Crippen molar-refractivity contribution in [1.82, 2.24) is 9.88 Å². The van der Waals surface area contributed by atoms with Gasteiger partial charge >= 0.3 is 6.09 Å². The average molecular weight is 318 g/mol. The van der Waals surface area contributed by atoms with Gasteiger partial charge in [0, 0.05) is 24.2 Å². The first-order valence-electron chi connectivity index (χ1n) is 8.10. The maximum atomic E-state index is 12.5. The molecular formula is C20H18N2O2. The van der Waals surface area contributed by atoms with Crippen LogP contribution in [0.15, 0.2) is 54.6 Å². The van der Waals surface area contributed by atoms with Crippen LogP contribution in [0, 0.1) is 6.92 Å². The number of hydrogen-bond donors (Lipinski definition) is 0. The zero-order chi connectivity index (χ0) is 16.5. The van der Waals surface area contributed by atoms with Gasteiger partial charge in [0.1, 0.15) is 5.75 Å². The monoisotopic (exact) mass is 318 g/mol. The lowest BCUT2D eigenvalue weighted by Gasteiger charge is -2.28. The maximum absolute atomic E-state index is 12.5. The lowest BCUT2D eigenvalue weighted by atomic mass is 10.0. The van der Waals surface area contributed by atoms with Crippen LogP contribution in [0.2, 0.25) is 0 Å². The molecule has 4 heteroatoms. The van der Waals surface area contributed by atoms with Crippen LogP contribution in [0.25, 0.3) is 10.9 Å². The number of aromatic nitrogens is 1. The summed E-state index contributed by atoms with van der Waals surface area (Å²) in [5.74, 6) is 0.553. The lowest BCUT2D eigenvalue weighted by molar-refractivity contribution is 0.147. The van der Waals surface area contributed by atoms with Gasteiger partial charge in [-0.1, -0.05) is 30.3 Å². The van der Waals surface area contributed by atoms with Gasteiger partial charge in [0.15, 0.2) is 0 Å². The van der Waals surface area contributed by atoms with E-state index in [9.17, 15) is 4.79 Å². The van der Waals surface area contributed by atoms with Gasteiger partial charge in [-0.25, -0.2) is 4.79 Å². The highest BCUT2D eigenvalue weighted by Crippen LogP contribution is 2.23. The normalized spacial score (nSPS) is 13.6. The van der Waals surface area contributed by atoms with Gasteiger partial charge in [0.05, 0.1) is 5.52 Å². The molecule has 120 valence electrons. The molecule has 24 heavy (non-hydrogen) atoms. The molecule has 3 aromatic rings. The summed E-state index contributed by atoms with van der Waals surface area (Å²) in [6.45, 7) is 3.25. The van der Waals surface area contributed by atoms with Crippen molar-refractivity contribution in [2.24, 2.45) is 0 Å². The van der Waals surface area contributed by atoms with Crippen molar-refractivity contribution in [1.29, 1.82) is 0 Å². The predicted octanol–water partition coefficient (Wildman–Crippen LogP) is 4.10. The van der Waals surface area contributed by atoms with Gasteiger partial charge in [-0.05, 0) is 48.7 Å². The third-order valence-electron chi connectivity index (χ3n) is 4.39. The molecule has 4 rings (SSSR count). The number of benzene rings is 2.